The van der Waals surface area contributed by atoms with Gasteiger partial charge in [0.2, 0.25) is 0 Å². The van der Waals surface area contributed by atoms with Crippen LogP contribution in [0.1, 0.15) is 19.3 Å². The van der Waals surface area contributed by atoms with Gasteiger partial charge in [0.05, 0.1) is 0 Å². The highest BCUT2D eigenvalue weighted by atomic mass is 16.4. The van der Waals surface area contributed by atoms with Gasteiger partial charge in [-0.15, -0.1) is 0 Å². The Labute approximate surface area is 65.8 Å². The van der Waals surface area contributed by atoms with Crippen molar-refractivity contribution in [1.82, 2.24) is 5.32 Å². The summed E-state index contributed by atoms with van der Waals surface area (Å²) >= 11 is 0. The van der Waals surface area contributed by atoms with E-state index in [4.69, 9.17) is 5.11 Å². The molecular formula is C8H13NO2. The van der Waals surface area contributed by atoms with Crippen LogP contribution in [0.2, 0.25) is 0 Å². The van der Waals surface area contributed by atoms with E-state index in [2.05, 4.69) is 5.32 Å². The van der Waals surface area contributed by atoms with E-state index >= 15 is 0 Å². The van der Waals surface area contributed by atoms with Crippen molar-refractivity contribution in [1.29, 1.82) is 0 Å². The molecule has 3 heteroatoms. The molecule has 1 heterocycles. The minimum Gasteiger partial charge on any atom is -0.481 e. The monoisotopic (exact) mass is 155 g/mol. The van der Waals surface area contributed by atoms with Gasteiger partial charge in [-0.2, -0.15) is 0 Å². The Morgan fingerprint density at radius 1 is 1.55 bits per heavy atom. The van der Waals surface area contributed by atoms with Crippen LogP contribution in [0.25, 0.3) is 0 Å². The number of carboxylic acid groups (broad SMARTS) is 1. The lowest BCUT2D eigenvalue weighted by Gasteiger charge is -2.20. The maximum absolute atomic E-state index is 10.4. The van der Waals surface area contributed by atoms with Gasteiger partial charge in [0.1, 0.15) is 0 Å². The lowest BCUT2D eigenvalue weighted by Crippen LogP contribution is -2.30. The van der Waals surface area contributed by atoms with E-state index in [-0.39, 0.29) is 0 Å². The van der Waals surface area contributed by atoms with E-state index in [0.29, 0.717) is 24.3 Å². The molecule has 0 aromatic rings. The molecule has 2 fully saturated rings. The van der Waals surface area contributed by atoms with Gasteiger partial charge in [0.15, 0.2) is 0 Å². The molecule has 62 valence electrons. The average Bonchev–Trinajstić information content (AvgIpc) is 2.45. The first-order chi connectivity index (χ1) is 5.25. The molecule has 2 aliphatic rings. The molecule has 2 N–H and O–H groups in total. The number of carbonyl (C=O) groups is 1. The molecule has 1 saturated heterocycles. The molecule has 3 nitrogen and oxygen atoms in total. The lowest BCUT2D eigenvalue weighted by atomic mass is 9.92. The minimum atomic E-state index is -0.637. The van der Waals surface area contributed by atoms with Crippen molar-refractivity contribution < 1.29 is 9.90 Å². The van der Waals surface area contributed by atoms with Crippen molar-refractivity contribution in [3.8, 4) is 0 Å². The van der Waals surface area contributed by atoms with E-state index in [0.717, 1.165) is 13.0 Å². The molecule has 3 atom stereocenters. The summed E-state index contributed by atoms with van der Waals surface area (Å²) in [4.78, 5) is 10.4. The van der Waals surface area contributed by atoms with Gasteiger partial charge in [0, 0.05) is 12.5 Å². The van der Waals surface area contributed by atoms with Gasteiger partial charge in [-0.3, -0.25) is 4.79 Å². The zero-order valence-corrected chi connectivity index (χ0v) is 6.42. The third kappa shape index (κ3) is 1.25. The predicted molar refractivity (Wildman–Crippen MR) is 40.3 cm³/mol. The molecule has 1 saturated carbocycles. The number of hydrogen-bond acceptors (Lipinski definition) is 2. The van der Waals surface area contributed by atoms with E-state index in [9.17, 15) is 4.79 Å². The number of fused-ring (bicyclic) bond motifs is 2. The fraction of sp³-hybridized carbons (Fsp3) is 0.875. The third-order valence-electron chi connectivity index (χ3n) is 2.95. The highest BCUT2D eigenvalue weighted by Gasteiger charge is 2.39. The zero-order valence-electron chi connectivity index (χ0n) is 6.42. The summed E-state index contributed by atoms with van der Waals surface area (Å²) < 4.78 is 0. The third-order valence-corrected chi connectivity index (χ3v) is 2.95. The summed E-state index contributed by atoms with van der Waals surface area (Å²) in [5.41, 5.74) is 0. The fourth-order valence-corrected chi connectivity index (χ4v) is 2.42. The second kappa shape index (κ2) is 2.48. The Hall–Kier alpha value is -0.570. The van der Waals surface area contributed by atoms with Gasteiger partial charge >= 0.3 is 5.97 Å². The number of piperidine rings is 1. The van der Waals surface area contributed by atoms with Crippen LogP contribution in [0.4, 0.5) is 0 Å². The highest BCUT2D eigenvalue weighted by Crippen LogP contribution is 2.38. The van der Waals surface area contributed by atoms with Crippen LogP contribution in [0.5, 0.6) is 0 Å². The molecule has 2 rings (SSSR count). The maximum Gasteiger partial charge on any atom is 0.303 e. The Morgan fingerprint density at radius 3 is 2.82 bits per heavy atom. The lowest BCUT2D eigenvalue weighted by molar-refractivity contribution is -0.138. The summed E-state index contributed by atoms with van der Waals surface area (Å²) in [6, 6.07) is 0.629. The first-order valence-electron chi connectivity index (χ1n) is 4.21. The van der Waals surface area contributed by atoms with Crippen LogP contribution >= 0.6 is 0 Å². The Kier molecular flexibility index (Phi) is 1.60. The van der Waals surface area contributed by atoms with Crippen LogP contribution in [-0.4, -0.2) is 23.7 Å². The van der Waals surface area contributed by atoms with Gasteiger partial charge in [-0.1, -0.05) is 0 Å². The molecule has 0 aromatic carbocycles. The number of rotatable bonds is 2. The van der Waals surface area contributed by atoms with Crippen molar-refractivity contribution in [2.75, 3.05) is 6.54 Å². The van der Waals surface area contributed by atoms with Crippen molar-refractivity contribution in [3.63, 3.8) is 0 Å². The molecule has 2 bridgehead atoms. The second-order valence-corrected chi connectivity index (χ2v) is 3.69. The van der Waals surface area contributed by atoms with Crippen LogP contribution in [0.15, 0.2) is 0 Å². The van der Waals surface area contributed by atoms with Crippen LogP contribution < -0.4 is 5.32 Å². The molecule has 0 radical (unpaired) electrons. The number of hydrogen-bond donors (Lipinski definition) is 2. The minimum absolute atomic E-state index is 0.378. The molecule has 0 aromatic heterocycles. The Morgan fingerprint density at radius 2 is 2.36 bits per heavy atom. The summed E-state index contributed by atoms with van der Waals surface area (Å²) in [5, 5.41) is 11.9. The van der Waals surface area contributed by atoms with E-state index in [1.54, 1.807) is 0 Å². The number of nitrogens with one attached hydrogen (secondary N) is 1. The van der Waals surface area contributed by atoms with E-state index in [1.165, 1.54) is 6.42 Å². The SMILES string of the molecule is O=C(O)C[C@@H]1C[C@@H]2C[C@H]1CN2. The Balaban J connectivity index is 1.92. The molecule has 0 amide bonds. The average molecular weight is 155 g/mol. The van der Waals surface area contributed by atoms with Gasteiger partial charge in [-0.05, 0) is 31.2 Å². The first kappa shape index (κ1) is 7.10. The zero-order chi connectivity index (χ0) is 7.84. The highest BCUT2D eigenvalue weighted by molar-refractivity contribution is 5.67. The van der Waals surface area contributed by atoms with Crippen LogP contribution in [0, 0.1) is 11.8 Å². The smallest absolute Gasteiger partial charge is 0.303 e. The van der Waals surface area contributed by atoms with Crippen LogP contribution in [-0.2, 0) is 4.79 Å². The van der Waals surface area contributed by atoms with Gasteiger partial charge in [0.25, 0.3) is 0 Å². The topological polar surface area (TPSA) is 49.3 Å². The molecule has 0 spiro atoms. The largest absolute Gasteiger partial charge is 0.481 e. The van der Waals surface area contributed by atoms with Crippen molar-refractivity contribution in [3.05, 3.63) is 0 Å². The van der Waals surface area contributed by atoms with E-state index in [1.807, 2.05) is 0 Å². The number of carboxylic acids is 1. The van der Waals surface area contributed by atoms with Gasteiger partial charge < -0.3 is 10.4 Å². The normalized spacial score (nSPS) is 41.3. The van der Waals surface area contributed by atoms with E-state index < -0.39 is 5.97 Å². The van der Waals surface area contributed by atoms with Crippen molar-refractivity contribution in [2.24, 2.45) is 11.8 Å². The van der Waals surface area contributed by atoms with Crippen LogP contribution in [0.3, 0.4) is 0 Å². The second-order valence-electron chi connectivity index (χ2n) is 3.69. The van der Waals surface area contributed by atoms with Gasteiger partial charge in [-0.25, -0.2) is 0 Å². The summed E-state index contributed by atoms with van der Waals surface area (Å²) in [6.07, 6.45) is 2.66. The number of aliphatic carboxylic acids is 1. The predicted octanol–water partition coefficient (Wildman–Crippen LogP) is 0.459. The first-order valence-corrected chi connectivity index (χ1v) is 4.21. The Bertz CT molecular complexity index is 181. The summed E-state index contributed by atoms with van der Waals surface area (Å²) in [6.45, 7) is 1.04. The standard InChI is InChI=1S/C8H13NO2/c10-8(11)3-5-1-7-2-6(5)4-9-7/h5-7,9H,1-4H2,(H,10,11)/t5-,6-,7+/m0/s1. The molecule has 0 unspecified atom stereocenters. The molecule has 1 aliphatic carbocycles. The van der Waals surface area contributed by atoms with Crippen molar-refractivity contribution in [2.45, 2.75) is 25.3 Å². The summed E-state index contributed by atoms with van der Waals surface area (Å²) in [7, 11) is 0. The quantitative estimate of drug-likeness (QED) is 0.609. The molecule has 11 heavy (non-hydrogen) atoms. The fourth-order valence-electron chi connectivity index (χ4n) is 2.42. The van der Waals surface area contributed by atoms with Crippen molar-refractivity contribution >= 4 is 5.97 Å². The maximum atomic E-state index is 10.4. The summed E-state index contributed by atoms with van der Waals surface area (Å²) in [5.74, 6) is 0.470. The molecule has 1 aliphatic heterocycles. The molecular weight excluding hydrogens is 142 g/mol.